The number of pyridine rings is 2. The second-order valence-corrected chi connectivity index (χ2v) is 14.5. The molecular formula is C43H35N3OPt. The fourth-order valence-electron chi connectivity index (χ4n) is 8.15. The van der Waals surface area contributed by atoms with E-state index >= 15 is 0 Å². The van der Waals surface area contributed by atoms with E-state index in [-0.39, 0.29) is 43.9 Å². The maximum atomic E-state index is 6.43. The monoisotopic (exact) mass is 804 g/mol. The Labute approximate surface area is 296 Å². The van der Waals surface area contributed by atoms with Crippen LogP contribution in [-0.2, 0) is 31.9 Å². The van der Waals surface area contributed by atoms with Gasteiger partial charge in [-0.15, -0.1) is 47.5 Å². The summed E-state index contributed by atoms with van der Waals surface area (Å²) in [6.07, 6.45) is 3.93. The molecule has 9 rings (SSSR count). The minimum Gasteiger partial charge on any atom is -0.497 e. The average Bonchev–Trinajstić information content (AvgIpc) is 3.68. The Kier molecular flexibility index (Phi) is 7.06. The molecule has 0 spiro atoms. The van der Waals surface area contributed by atoms with Crippen molar-refractivity contribution in [2.24, 2.45) is 0 Å². The zero-order valence-electron chi connectivity index (χ0n) is 27.6. The first-order chi connectivity index (χ1) is 22.7. The zero-order chi connectivity index (χ0) is 32.1. The summed E-state index contributed by atoms with van der Waals surface area (Å²) in [5.74, 6) is 1.45. The topological polar surface area (TPSA) is 39.9 Å². The van der Waals surface area contributed by atoms with Crippen molar-refractivity contribution in [1.29, 1.82) is 0 Å². The van der Waals surface area contributed by atoms with Crippen LogP contribution in [0, 0.1) is 12.1 Å². The van der Waals surface area contributed by atoms with Crippen molar-refractivity contribution in [2.45, 2.75) is 57.4 Å². The maximum Gasteiger partial charge on any atom is 2.00 e. The maximum absolute atomic E-state index is 6.43. The minimum atomic E-state index is -0.0525. The van der Waals surface area contributed by atoms with Crippen LogP contribution in [0.2, 0.25) is 0 Å². The Morgan fingerprint density at radius 3 is 2.27 bits per heavy atom. The van der Waals surface area contributed by atoms with Gasteiger partial charge in [0.05, 0.1) is 6.04 Å². The van der Waals surface area contributed by atoms with Crippen LogP contribution in [0.5, 0.6) is 11.5 Å². The van der Waals surface area contributed by atoms with E-state index in [1.54, 1.807) is 0 Å². The van der Waals surface area contributed by atoms with Gasteiger partial charge in [-0.05, 0) is 51.2 Å². The first-order valence-corrected chi connectivity index (χ1v) is 16.4. The molecule has 2 aliphatic rings. The number of rotatable bonds is 4. The van der Waals surface area contributed by atoms with Crippen LogP contribution < -0.4 is 4.74 Å². The normalized spacial score (nSPS) is 17.3. The summed E-state index contributed by atoms with van der Waals surface area (Å²) in [5, 5.41) is 2.47. The molecule has 5 heteroatoms. The summed E-state index contributed by atoms with van der Waals surface area (Å²) in [5.41, 5.74) is 11.5. The molecule has 4 aromatic carbocycles. The molecule has 0 saturated carbocycles. The molecule has 4 heterocycles. The van der Waals surface area contributed by atoms with Crippen LogP contribution in [0.3, 0.4) is 0 Å². The summed E-state index contributed by atoms with van der Waals surface area (Å²) in [6.45, 7) is 11.4. The van der Waals surface area contributed by atoms with Gasteiger partial charge in [-0.1, -0.05) is 95.3 Å². The molecule has 0 radical (unpaired) electrons. The molecular weight excluding hydrogens is 770 g/mol. The summed E-state index contributed by atoms with van der Waals surface area (Å²) >= 11 is 0. The standard InChI is InChI=1S/C43H35N3O.Pt/c1-42(2,3)28-20-21-44-35(24-28)26-12-10-14-29(22-26)47-30-15-11-13-27(23-30)39-38-37-32-17-6-8-18-34(32)43(4,5)41(37)46-36-19-9-7-16-31(36)33(25-45-39)40(38)46;/h6-21,24-25,37,41H,1-5H3;/q-2;+2. The SMILES string of the molecule is CC(C)(C)c1ccnc(-c2[c-]c(Oc3[c-]c(-c4ncc5c6ccccc6n6c5c4C4c5ccccc5C(C)(C)C46)ccc3)ccc2)c1.[Pt+2]. The first-order valence-electron chi connectivity index (χ1n) is 16.4. The Balaban J connectivity index is 0.00000336. The molecule has 2 unspecified atom stereocenters. The van der Waals surface area contributed by atoms with E-state index in [0.29, 0.717) is 11.5 Å². The molecule has 2 atom stereocenters. The molecule has 0 fully saturated rings. The van der Waals surface area contributed by atoms with Crippen molar-refractivity contribution in [1.82, 2.24) is 14.5 Å². The van der Waals surface area contributed by atoms with Crippen molar-refractivity contribution in [3.8, 4) is 34.0 Å². The van der Waals surface area contributed by atoms with Gasteiger partial charge >= 0.3 is 21.1 Å². The fourth-order valence-corrected chi connectivity index (χ4v) is 8.15. The number of ether oxygens (including phenoxy) is 1. The van der Waals surface area contributed by atoms with Crippen LogP contribution in [0.1, 0.15) is 68.8 Å². The van der Waals surface area contributed by atoms with Crippen LogP contribution in [0.4, 0.5) is 0 Å². The minimum absolute atomic E-state index is 0. The van der Waals surface area contributed by atoms with Crippen molar-refractivity contribution in [3.63, 3.8) is 0 Å². The van der Waals surface area contributed by atoms with E-state index in [2.05, 4.69) is 129 Å². The predicted molar refractivity (Wildman–Crippen MR) is 189 cm³/mol. The first kappa shape index (κ1) is 30.8. The van der Waals surface area contributed by atoms with E-state index in [1.807, 2.05) is 36.5 Å². The third kappa shape index (κ3) is 4.53. The second-order valence-electron chi connectivity index (χ2n) is 14.5. The smallest absolute Gasteiger partial charge is 0.497 e. The third-order valence-electron chi connectivity index (χ3n) is 10.3. The molecule has 0 bridgehead atoms. The molecule has 48 heavy (non-hydrogen) atoms. The number of aromatic nitrogens is 3. The van der Waals surface area contributed by atoms with E-state index in [0.717, 1.165) is 22.5 Å². The van der Waals surface area contributed by atoms with Crippen LogP contribution in [0.25, 0.3) is 44.3 Å². The van der Waals surface area contributed by atoms with Crippen LogP contribution in [-0.4, -0.2) is 14.5 Å². The molecule has 1 aliphatic carbocycles. The van der Waals surface area contributed by atoms with Crippen molar-refractivity contribution in [2.75, 3.05) is 0 Å². The van der Waals surface area contributed by atoms with Crippen molar-refractivity contribution in [3.05, 3.63) is 144 Å². The molecule has 238 valence electrons. The molecule has 4 nitrogen and oxygen atoms in total. The van der Waals surface area contributed by atoms with Gasteiger partial charge in [-0.3, -0.25) is 0 Å². The summed E-state index contributed by atoms with van der Waals surface area (Å²) in [4.78, 5) is 9.84. The van der Waals surface area contributed by atoms with E-state index in [9.17, 15) is 0 Å². The zero-order valence-corrected chi connectivity index (χ0v) is 29.9. The molecule has 0 saturated heterocycles. The molecule has 0 amide bonds. The Morgan fingerprint density at radius 1 is 0.771 bits per heavy atom. The number of nitrogens with zero attached hydrogens (tertiary/aromatic N) is 3. The largest absolute Gasteiger partial charge is 2.00 e. The average molecular weight is 805 g/mol. The summed E-state index contributed by atoms with van der Waals surface area (Å²) in [6, 6.07) is 41.3. The fraction of sp³-hybridized carbons (Fsp3) is 0.209. The van der Waals surface area contributed by atoms with E-state index < -0.39 is 0 Å². The van der Waals surface area contributed by atoms with Gasteiger partial charge in [0.2, 0.25) is 0 Å². The van der Waals surface area contributed by atoms with Gasteiger partial charge in [-0.2, -0.15) is 0 Å². The summed E-state index contributed by atoms with van der Waals surface area (Å²) in [7, 11) is 0. The quantitative estimate of drug-likeness (QED) is 0.166. The molecule has 7 aromatic rings. The van der Waals surface area contributed by atoms with Crippen molar-refractivity contribution < 1.29 is 25.8 Å². The molecule has 0 N–H and O–H groups in total. The van der Waals surface area contributed by atoms with E-state index in [1.165, 1.54) is 44.1 Å². The van der Waals surface area contributed by atoms with Gasteiger partial charge in [0.1, 0.15) is 0 Å². The van der Waals surface area contributed by atoms with Gasteiger partial charge in [0, 0.05) is 57.0 Å². The van der Waals surface area contributed by atoms with Gasteiger partial charge in [0.15, 0.2) is 0 Å². The number of hydrogen-bond donors (Lipinski definition) is 0. The van der Waals surface area contributed by atoms with Gasteiger partial charge in [-0.25, -0.2) is 0 Å². The Hall–Kier alpha value is -4.53. The third-order valence-corrected chi connectivity index (χ3v) is 10.3. The Bertz CT molecular complexity index is 2380. The second kappa shape index (κ2) is 11.0. The van der Waals surface area contributed by atoms with Gasteiger partial charge in [0.25, 0.3) is 0 Å². The predicted octanol–water partition coefficient (Wildman–Crippen LogP) is 10.6. The Morgan fingerprint density at radius 2 is 1.48 bits per heavy atom. The van der Waals surface area contributed by atoms with Gasteiger partial charge < -0.3 is 19.3 Å². The number of para-hydroxylation sites is 1. The van der Waals surface area contributed by atoms with E-state index in [4.69, 9.17) is 9.72 Å². The number of hydrogen-bond acceptors (Lipinski definition) is 3. The summed E-state index contributed by atoms with van der Waals surface area (Å²) < 4.78 is 9.04. The number of benzene rings is 4. The van der Waals surface area contributed by atoms with Crippen molar-refractivity contribution >= 4 is 21.8 Å². The van der Waals surface area contributed by atoms with Crippen LogP contribution in [0.15, 0.2) is 109 Å². The molecule has 1 aliphatic heterocycles. The van der Waals surface area contributed by atoms with Crippen LogP contribution >= 0.6 is 0 Å². The molecule has 3 aromatic heterocycles. The number of fused-ring (bicyclic) bond motifs is 8.